The summed E-state index contributed by atoms with van der Waals surface area (Å²) in [7, 11) is 1.72. The molecular weight excluding hydrogens is 280 g/mol. The van der Waals surface area contributed by atoms with Crippen molar-refractivity contribution in [2.75, 3.05) is 49.8 Å². The van der Waals surface area contributed by atoms with Crippen LogP contribution in [0.3, 0.4) is 0 Å². The lowest BCUT2D eigenvalue weighted by molar-refractivity contribution is 0.199. The fourth-order valence-electron chi connectivity index (χ4n) is 2.24. The summed E-state index contributed by atoms with van der Waals surface area (Å²) in [5, 5.41) is 4.25. The second kappa shape index (κ2) is 8.00. The summed E-state index contributed by atoms with van der Waals surface area (Å²) in [6.07, 6.45) is 0. The number of nitrogens with one attached hydrogen (secondary N) is 1. The maximum atomic E-state index is 6.40. The molecule has 1 N–H and O–H groups in total. The zero-order valence-corrected chi connectivity index (χ0v) is 12.9. The van der Waals surface area contributed by atoms with Crippen molar-refractivity contribution < 1.29 is 4.74 Å². The molecule has 1 aromatic carbocycles. The first-order valence-electron chi connectivity index (χ1n) is 6.62. The first kappa shape index (κ1) is 15.0. The number of rotatable bonds is 6. The Balaban J connectivity index is 2.06. The standard InChI is InChI=1S/C14H21ClN2OS/c1-18-8-5-16-11-12-3-2-4-13(15)14(12)17-6-9-19-10-7-17/h2-4,16H,5-11H2,1H3. The van der Waals surface area contributed by atoms with Gasteiger partial charge in [0.2, 0.25) is 0 Å². The van der Waals surface area contributed by atoms with Gasteiger partial charge in [-0.05, 0) is 11.6 Å². The Bertz CT molecular complexity index is 397. The third kappa shape index (κ3) is 4.28. The van der Waals surface area contributed by atoms with Gasteiger partial charge in [-0.2, -0.15) is 11.8 Å². The van der Waals surface area contributed by atoms with Crippen molar-refractivity contribution in [1.29, 1.82) is 0 Å². The number of benzene rings is 1. The molecule has 0 aromatic heterocycles. The zero-order chi connectivity index (χ0) is 13.5. The van der Waals surface area contributed by atoms with Crippen molar-refractivity contribution in [3.8, 4) is 0 Å². The molecule has 0 spiro atoms. The third-order valence-electron chi connectivity index (χ3n) is 3.20. The van der Waals surface area contributed by atoms with Crippen LogP contribution in [0, 0.1) is 0 Å². The van der Waals surface area contributed by atoms with Gasteiger partial charge in [0.15, 0.2) is 0 Å². The lowest BCUT2D eigenvalue weighted by Crippen LogP contribution is -2.34. The van der Waals surface area contributed by atoms with Gasteiger partial charge < -0.3 is 15.0 Å². The van der Waals surface area contributed by atoms with Gasteiger partial charge in [-0.15, -0.1) is 0 Å². The number of hydrogen-bond donors (Lipinski definition) is 1. The molecule has 0 unspecified atom stereocenters. The van der Waals surface area contributed by atoms with Gasteiger partial charge >= 0.3 is 0 Å². The fourth-order valence-corrected chi connectivity index (χ4v) is 3.46. The molecule has 1 heterocycles. The van der Waals surface area contributed by atoms with E-state index in [1.807, 2.05) is 23.9 Å². The maximum Gasteiger partial charge on any atom is 0.0642 e. The molecule has 0 amide bonds. The molecule has 0 saturated carbocycles. The van der Waals surface area contributed by atoms with Gasteiger partial charge in [0.1, 0.15) is 0 Å². The van der Waals surface area contributed by atoms with E-state index in [9.17, 15) is 0 Å². The summed E-state index contributed by atoms with van der Waals surface area (Å²) in [6.45, 7) is 4.59. The van der Waals surface area contributed by atoms with Crippen LogP contribution < -0.4 is 10.2 Å². The topological polar surface area (TPSA) is 24.5 Å². The monoisotopic (exact) mass is 300 g/mol. The molecule has 0 radical (unpaired) electrons. The van der Waals surface area contributed by atoms with Crippen molar-refractivity contribution in [2.24, 2.45) is 0 Å². The maximum absolute atomic E-state index is 6.40. The van der Waals surface area contributed by atoms with Crippen LogP contribution >= 0.6 is 23.4 Å². The van der Waals surface area contributed by atoms with Gasteiger partial charge in [0, 0.05) is 44.8 Å². The Morgan fingerprint density at radius 3 is 2.89 bits per heavy atom. The van der Waals surface area contributed by atoms with Crippen LogP contribution in [0.1, 0.15) is 5.56 Å². The third-order valence-corrected chi connectivity index (χ3v) is 4.44. The minimum atomic E-state index is 0.732. The van der Waals surface area contributed by atoms with Crippen LogP contribution in [0.15, 0.2) is 18.2 Å². The number of ether oxygens (including phenoxy) is 1. The van der Waals surface area contributed by atoms with Gasteiger partial charge in [-0.25, -0.2) is 0 Å². The number of anilines is 1. The second-order valence-electron chi connectivity index (χ2n) is 4.52. The highest BCUT2D eigenvalue weighted by molar-refractivity contribution is 7.99. The molecule has 19 heavy (non-hydrogen) atoms. The average Bonchev–Trinajstić information content (AvgIpc) is 2.45. The van der Waals surface area contributed by atoms with Crippen molar-refractivity contribution in [2.45, 2.75) is 6.54 Å². The Kier molecular flexibility index (Phi) is 6.31. The number of nitrogens with zero attached hydrogens (tertiary/aromatic N) is 1. The highest BCUT2D eigenvalue weighted by Crippen LogP contribution is 2.31. The summed E-state index contributed by atoms with van der Waals surface area (Å²) in [4.78, 5) is 2.41. The largest absolute Gasteiger partial charge is 0.383 e. The van der Waals surface area contributed by atoms with Crippen LogP contribution in [0.2, 0.25) is 5.02 Å². The minimum absolute atomic E-state index is 0.732. The molecule has 0 bridgehead atoms. The molecule has 3 nitrogen and oxygen atoms in total. The molecule has 106 valence electrons. The normalized spacial score (nSPS) is 15.8. The van der Waals surface area contributed by atoms with E-state index in [4.69, 9.17) is 16.3 Å². The van der Waals surface area contributed by atoms with Crippen LogP contribution in [0.25, 0.3) is 0 Å². The minimum Gasteiger partial charge on any atom is -0.383 e. The molecule has 1 aromatic rings. The van der Waals surface area contributed by atoms with Gasteiger partial charge in [0.05, 0.1) is 17.3 Å². The SMILES string of the molecule is COCCNCc1cccc(Cl)c1N1CCSCC1. The molecule has 1 aliphatic rings. The fraction of sp³-hybridized carbons (Fsp3) is 0.571. The van der Waals surface area contributed by atoms with Crippen molar-refractivity contribution in [3.63, 3.8) is 0 Å². The number of para-hydroxylation sites is 1. The van der Waals surface area contributed by atoms with Crippen LogP contribution in [-0.4, -0.2) is 44.9 Å². The lowest BCUT2D eigenvalue weighted by atomic mass is 10.1. The van der Waals surface area contributed by atoms with E-state index in [0.29, 0.717) is 0 Å². The zero-order valence-electron chi connectivity index (χ0n) is 11.3. The first-order valence-corrected chi connectivity index (χ1v) is 8.16. The summed E-state index contributed by atoms with van der Waals surface area (Å²) in [5.41, 5.74) is 2.48. The Morgan fingerprint density at radius 1 is 1.37 bits per heavy atom. The highest BCUT2D eigenvalue weighted by Gasteiger charge is 2.17. The number of thioether (sulfide) groups is 1. The summed E-state index contributed by atoms with van der Waals surface area (Å²) in [5.74, 6) is 2.36. The quantitative estimate of drug-likeness (QED) is 0.816. The molecule has 2 rings (SSSR count). The number of halogens is 1. The first-order chi connectivity index (χ1) is 9.33. The van der Waals surface area contributed by atoms with Gasteiger partial charge in [-0.3, -0.25) is 0 Å². The predicted molar refractivity (Wildman–Crippen MR) is 84.6 cm³/mol. The Morgan fingerprint density at radius 2 is 2.16 bits per heavy atom. The van der Waals surface area contributed by atoms with E-state index < -0.39 is 0 Å². The Hall–Kier alpha value is -0.420. The number of hydrogen-bond acceptors (Lipinski definition) is 4. The number of methoxy groups -OCH3 is 1. The highest BCUT2D eigenvalue weighted by atomic mass is 35.5. The molecule has 5 heteroatoms. The summed E-state index contributed by atoms with van der Waals surface area (Å²) in [6, 6.07) is 6.16. The van der Waals surface area contributed by atoms with E-state index in [1.165, 1.54) is 22.8 Å². The van der Waals surface area contributed by atoms with E-state index >= 15 is 0 Å². The van der Waals surface area contributed by atoms with Crippen molar-refractivity contribution in [1.82, 2.24) is 5.32 Å². The van der Waals surface area contributed by atoms with Gasteiger partial charge in [0.25, 0.3) is 0 Å². The molecule has 1 saturated heterocycles. The predicted octanol–water partition coefficient (Wildman–Crippen LogP) is 2.63. The van der Waals surface area contributed by atoms with E-state index in [2.05, 4.69) is 16.3 Å². The molecule has 0 atom stereocenters. The van der Waals surface area contributed by atoms with E-state index in [-0.39, 0.29) is 0 Å². The van der Waals surface area contributed by atoms with Crippen LogP contribution in [0.4, 0.5) is 5.69 Å². The Labute approximate surface area is 124 Å². The average molecular weight is 301 g/mol. The van der Waals surface area contributed by atoms with E-state index in [1.54, 1.807) is 7.11 Å². The van der Waals surface area contributed by atoms with Crippen LogP contribution in [0.5, 0.6) is 0 Å². The summed E-state index contributed by atoms with van der Waals surface area (Å²) < 4.78 is 5.05. The molecular formula is C14H21ClN2OS. The van der Waals surface area contributed by atoms with E-state index in [0.717, 1.165) is 37.8 Å². The summed E-state index contributed by atoms with van der Waals surface area (Å²) >= 11 is 8.41. The van der Waals surface area contributed by atoms with Crippen molar-refractivity contribution in [3.05, 3.63) is 28.8 Å². The molecule has 1 aliphatic heterocycles. The molecule has 0 aliphatic carbocycles. The van der Waals surface area contributed by atoms with Crippen LogP contribution in [-0.2, 0) is 11.3 Å². The lowest BCUT2D eigenvalue weighted by Gasteiger charge is -2.31. The van der Waals surface area contributed by atoms with Crippen molar-refractivity contribution >= 4 is 29.1 Å². The van der Waals surface area contributed by atoms with Gasteiger partial charge in [-0.1, -0.05) is 23.7 Å². The second-order valence-corrected chi connectivity index (χ2v) is 6.15. The molecule has 1 fully saturated rings. The smallest absolute Gasteiger partial charge is 0.0642 e.